The summed E-state index contributed by atoms with van der Waals surface area (Å²) >= 11 is 1.18. The van der Waals surface area contributed by atoms with Gasteiger partial charge in [0.25, 0.3) is 10.0 Å². The van der Waals surface area contributed by atoms with Crippen molar-refractivity contribution >= 4 is 27.0 Å². The lowest BCUT2D eigenvalue weighted by Crippen LogP contribution is -2.12. The van der Waals surface area contributed by atoms with Crippen molar-refractivity contribution in [1.29, 1.82) is 0 Å². The van der Waals surface area contributed by atoms with Crippen LogP contribution in [0.4, 0.5) is 5.69 Å². The molecule has 7 heteroatoms. The molecule has 0 atom stereocenters. The summed E-state index contributed by atoms with van der Waals surface area (Å²) in [6, 6.07) is 8.71. The van der Waals surface area contributed by atoms with Crippen molar-refractivity contribution in [3.05, 3.63) is 53.9 Å². The molecule has 1 N–H and O–H groups in total. The summed E-state index contributed by atoms with van der Waals surface area (Å²) in [5, 5.41) is 1.73. The van der Waals surface area contributed by atoms with Gasteiger partial charge in [0.15, 0.2) is 12.2 Å². The highest BCUT2D eigenvalue weighted by Gasteiger charge is 2.17. The van der Waals surface area contributed by atoms with Gasteiger partial charge in [-0.15, -0.1) is 11.3 Å². The minimum Gasteiger partial charge on any atom is -0.444 e. The first kappa shape index (κ1) is 13.8. The van der Waals surface area contributed by atoms with E-state index in [1.165, 1.54) is 17.7 Å². The Morgan fingerprint density at radius 1 is 1.29 bits per heavy atom. The number of sulfonamides is 1. The zero-order chi connectivity index (χ0) is 14.9. The summed E-state index contributed by atoms with van der Waals surface area (Å²) in [6.07, 6.45) is 2.92. The standard InChI is InChI=1S/C14H12N2O3S2/c1-10-4-5-11(13-8-15-9-19-13)7-12(10)16-21(17,18)14-3-2-6-20-14/h2-9,16H,1H3. The number of thiophene rings is 1. The van der Waals surface area contributed by atoms with Gasteiger partial charge in [0.05, 0.1) is 11.9 Å². The topological polar surface area (TPSA) is 72.2 Å². The van der Waals surface area contributed by atoms with E-state index in [2.05, 4.69) is 9.71 Å². The van der Waals surface area contributed by atoms with Crippen LogP contribution in [-0.2, 0) is 10.0 Å². The zero-order valence-corrected chi connectivity index (χ0v) is 12.7. The maximum absolute atomic E-state index is 12.3. The predicted molar refractivity (Wildman–Crippen MR) is 81.8 cm³/mol. The van der Waals surface area contributed by atoms with E-state index in [0.717, 1.165) is 11.1 Å². The van der Waals surface area contributed by atoms with E-state index in [9.17, 15) is 8.42 Å². The largest absolute Gasteiger partial charge is 0.444 e. The molecule has 2 heterocycles. The van der Waals surface area contributed by atoms with Crippen LogP contribution in [0.2, 0.25) is 0 Å². The fraction of sp³-hybridized carbons (Fsp3) is 0.0714. The molecule has 0 fully saturated rings. The van der Waals surface area contributed by atoms with Gasteiger partial charge >= 0.3 is 0 Å². The number of rotatable bonds is 4. The minimum absolute atomic E-state index is 0.284. The Morgan fingerprint density at radius 3 is 2.81 bits per heavy atom. The summed E-state index contributed by atoms with van der Waals surface area (Å²) in [7, 11) is -3.56. The van der Waals surface area contributed by atoms with E-state index in [4.69, 9.17) is 4.42 Å². The first-order valence-electron chi connectivity index (χ1n) is 6.12. The first-order valence-corrected chi connectivity index (χ1v) is 8.48. The zero-order valence-electron chi connectivity index (χ0n) is 11.1. The third-order valence-electron chi connectivity index (χ3n) is 2.96. The Kier molecular flexibility index (Phi) is 3.52. The number of hydrogen-bond acceptors (Lipinski definition) is 5. The summed E-state index contributed by atoms with van der Waals surface area (Å²) in [4.78, 5) is 3.86. The summed E-state index contributed by atoms with van der Waals surface area (Å²) in [5.74, 6) is 0.589. The Morgan fingerprint density at radius 2 is 2.14 bits per heavy atom. The van der Waals surface area contributed by atoms with Crippen molar-refractivity contribution in [1.82, 2.24) is 4.98 Å². The Bertz CT molecular complexity index is 838. The van der Waals surface area contributed by atoms with Gasteiger partial charge in [-0.2, -0.15) is 0 Å². The third kappa shape index (κ3) is 2.84. The van der Waals surface area contributed by atoms with Gasteiger partial charge < -0.3 is 4.42 Å². The highest BCUT2D eigenvalue weighted by atomic mass is 32.2. The molecule has 2 aromatic heterocycles. The number of aromatic nitrogens is 1. The van der Waals surface area contributed by atoms with E-state index in [0.29, 0.717) is 11.4 Å². The summed E-state index contributed by atoms with van der Waals surface area (Å²) in [6.45, 7) is 1.84. The number of nitrogens with one attached hydrogen (secondary N) is 1. The first-order chi connectivity index (χ1) is 10.1. The third-order valence-corrected chi connectivity index (χ3v) is 5.72. The van der Waals surface area contributed by atoms with Crippen LogP contribution in [0, 0.1) is 6.92 Å². The number of oxazole rings is 1. The van der Waals surface area contributed by atoms with Crippen molar-refractivity contribution in [2.75, 3.05) is 4.72 Å². The van der Waals surface area contributed by atoms with Crippen LogP contribution in [0.3, 0.4) is 0 Å². The molecule has 3 aromatic rings. The van der Waals surface area contributed by atoms with E-state index in [-0.39, 0.29) is 4.21 Å². The molecule has 0 bridgehead atoms. The van der Waals surface area contributed by atoms with Crippen LogP contribution in [0.5, 0.6) is 0 Å². The Balaban J connectivity index is 1.97. The van der Waals surface area contributed by atoms with Gasteiger partial charge in [-0.3, -0.25) is 4.72 Å². The van der Waals surface area contributed by atoms with Gasteiger partial charge in [-0.05, 0) is 30.0 Å². The maximum Gasteiger partial charge on any atom is 0.271 e. The van der Waals surface area contributed by atoms with Crippen molar-refractivity contribution in [2.45, 2.75) is 11.1 Å². The second-order valence-corrected chi connectivity index (χ2v) is 7.29. The lowest BCUT2D eigenvalue weighted by Gasteiger charge is -2.10. The van der Waals surface area contributed by atoms with Gasteiger partial charge in [0.1, 0.15) is 4.21 Å². The Labute approximate surface area is 126 Å². The number of aryl methyl sites for hydroxylation is 1. The van der Waals surface area contributed by atoms with Crippen molar-refractivity contribution in [3.63, 3.8) is 0 Å². The van der Waals surface area contributed by atoms with E-state index >= 15 is 0 Å². The van der Waals surface area contributed by atoms with Gasteiger partial charge in [-0.1, -0.05) is 18.2 Å². The average molecular weight is 320 g/mol. The quantitative estimate of drug-likeness (QED) is 0.798. The number of benzene rings is 1. The van der Waals surface area contributed by atoms with E-state index < -0.39 is 10.0 Å². The smallest absolute Gasteiger partial charge is 0.271 e. The second-order valence-electron chi connectivity index (χ2n) is 4.43. The SMILES string of the molecule is Cc1ccc(-c2cnco2)cc1NS(=O)(=O)c1cccs1. The number of nitrogens with zero attached hydrogens (tertiary/aromatic N) is 1. The lowest BCUT2D eigenvalue weighted by molar-refractivity contribution is 0.572. The van der Waals surface area contributed by atoms with Crippen LogP contribution in [0.1, 0.15) is 5.56 Å². The maximum atomic E-state index is 12.3. The molecule has 3 rings (SSSR count). The molecule has 0 saturated heterocycles. The molecule has 0 aliphatic heterocycles. The fourth-order valence-corrected chi connectivity index (χ4v) is 3.97. The molecule has 0 radical (unpaired) electrons. The molecule has 1 aromatic carbocycles. The van der Waals surface area contributed by atoms with Crippen LogP contribution < -0.4 is 4.72 Å². The number of hydrogen-bond donors (Lipinski definition) is 1. The number of anilines is 1. The molecule has 5 nitrogen and oxygen atoms in total. The normalized spacial score (nSPS) is 11.5. The summed E-state index contributed by atoms with van der Waals surface area (Å²) in [5.41, 5.74) is 2.12. The highest BCUT2D eigenvalue weighted by Crippen LogP contribution is 2.27. The predicted octanol–water partition coefficient (Wildman–Crippen LogP) is 3.51. The van der Waals surface area contributed by atoms with Crippen molar-refractivity contribution in [2.24, 2.45) is 0 Å². The van der Waals surface area contributed by atoms with Gasteiger partial charge in [-0.25, -0.2) is 13.4 Å². The Hall–Kier alpha value is -2.12. The van der Waals surface area contributed by atoms with Gasteiger partial charge in [0.2, 0.25) is 0 Å². The molecule has 0 aliphatic rings. The van der Waals surface area contributed by atoms with Crippen LogP contribution in [-0.4, -0.2) is 13.4 Å². The molecule has 21 heavy (non-hydrogen) atoms. The highest BCUT2D eigenvalue weighted by molar-refractivity contribution is 7.94. The van der Waals surface area contributed by atoms with Gasteiger partial charge in [0, 0.05) is 5.56 Å². The fourth-order valence-electron chi connectivity index (χ4n) is 1.86. The van der Waals surface area contributed by atoms with Crippen LogP contribution in [0.15, 0.2) is 56.9 Å². The molecule has 108 valence electrons. The molecule has 0 saturated carbocycles. The second kappa shape index (κ2) is 5.34. The molecule has 0 amide bonds. The monoisotopic (exact) mass is 320 g/mol. The van der Waals surface area contributed by atoms with Crippen molar-refractivity contribution < 1.29 is 12.8 Å². The molecular formula is C14H12N2O3S2. The van der Waals surface area contributed by atoms with E-state index in [1.807, 2.05) is 19.1 Å². The lowest BCUT2D eigenvalue weighted by atomic mass is 10.1. The summed E-state index contributed by atoms with van der Waals surface area (Å²) < 4.78 is 32.7. The van der Waals surface area contributed by atoms with E-state index in [1.54, 1.807) is 29.8 Å². The molecule has 0 aliphatic carbocycles. The molecule has 0 spiro atoms. The van der Waals surface area contributed by atoms with Crippen LogP contribution in [0.25, 0.3) is 11.3 Å². The molecular weight excluding hydrogens is 308 g/mol. The van der Waals surface area contributed by atoms with Crippen LogP contribution >= 0.6 is 11.3 Å². The average Bonchev–Trinajstić information content (AvgIpc) is 3.14. The molecule has 0 unspecified atom stereocenters. The minimum atomic E-state index is -3.56. The van der Waals surface area contributed by atoms with Crippen molar-refractivity contribution in [3.8, 4) is 11.3 Å².